The van der Waals surface area contributed by atoms with Gasteiger partial charge < -0.3 is 39.0 Å². The fourth-order valence-corrected chi connectivity index (χ4v) is 8.55. The largest absolute Gasteiger partial charge is 0.479 e. The normalized spacial score (nSPS) is 18.7. The van der Waals surface area contributed by atoms with Gasteiger partial charge in [-0.1, -0.05) is 244 Å². The summed E-state index contributed by atoms with van der Waals surface area (Å²) in [6.07, 6.45) is 65.8. The van der Waals surface area contributed by atoms with E-state index in [0.717, 1.165) is 89.9 Å². The summed E-state index contributed by atoms with van der Waals surface area (Å²) >= 11 is 0. The van der Waals surface area contributed by atoms with Gasteiger partial charge >= 0.3 is 23.9 Å². The third-order valence-corrected chi connectivity index (χ3v) is 13.2. The fourth-order valence-electron chi connectivity index (χ4n) is 8.55. The van der Waals surface area contributed by atoms with E-state index in [0.29, 0.717) is 32.1 Å². The molecule has 1 heterocycles. The van der Waals surface area contributed by atoms with Crippen molar-refractivity contribution < 1.29 is 58.2 Å². The highest BCUT2D eigenvalue weighted by Crippen LogP contribution is 2.26. The summed E-state index contributed by atoms with van der Waals surface area (Å²) in [5, 5.41) is 31.5. The first-order valence-electron chi connectivity index (χ1n) is 31.2. The molecule has 3 N–H and O–H groups in total. The average Bonchev–Trinajstić information content (AvgIpc) is 3.53. The number of unbranched alkanes of at least 4 members (excludes halogenated alkanes) is 15. The van der Waals surface area contributed by atoms with Gasteiger partial charge in [0.15, 0.2) is 24.6 Å². The molecule has 1 rings (SSSR count). The van der Waals surface area contributed by atoms with E-state index in [2.05, 4.69) is 130 Å². The molecule has 12 nitrogen and oxygen atoms in total. The Balaban J connectivity index is 2.77. The van der Waals surface area contributed by atoms with Gasteiger partial charge in [0.25, 0.3) is 0 Å². The molecule has 0 bridgehead atoms. The summed E-state index contributed by atoms with van der Waals surface area (Å²) < 4.78 is 28.3. The lowest BCUT2D eigenvalue weighted by Gasteiger charge is -2.40. The zero-order valence-electron chi connectivity index (χ0n) is 50.2. The highest BCUT2D eigenvalue weighted by Gasteiger charge is 2.50. The average molecular weight is 1130 g/mol. The molecule has 81 heavy (non-hydrogen) atoms. The number of ether oxygens (including phenoxy) is 5. The van der Waals surface area contributed by atoms with Crippen LogP contribution in [0.15, 0.2) is 134 Å². The molecule has 1 aliphatic heterocycles. The Morgan fingerprint density at radius 1 is 0.420 bits per heavy atom. The molecule has 0 radical (unpaired) electrons. The summed E-state index contributed by atoms with van der Waals surface area (Å²) in [5.41, 5.74) is 0. The van der Waals surface area contributed by atoms with E-state index in [1.54, 1.807) is 0 Å². The number of carbonyl (C=O) groups is 4. The number of aliphatic hydroxyl groups excluding tert-OH is 2. The van der Waals surface area contributed by atoms with Gasteiger partial charge in [-0.05, 0) is 96.3 Å². The van der Waals surface area contributed by atoms with E-state index in [-0.39, 0.29) is 25.9 Å². The smallest absolute Gasteiger partial charge is 0.335 e. The molecular formula is C69H108O12. The predicted molar refractivity (Wildman–Crippen MR) is 330 cm³/mol. The Kier molecular flexibility index (Phi) is 50.5. The maximum absolute atomic E-state index is 13.2. The van der Waals surface area contributed by atoms with Gasteiger partial charge in [-0.15, -0.1) is 0 Å². The van der Waals surface area contributed by atoms with Crippen molar-refractivity contribution in [2.45, 2.75) is 263 Å². The third-order valence-electron chi connectivity index (χ3n) is 13.2. The molecule has 1 aliphatic rings. The highest BCUT2D eigenvalue weighted by molar-refractivity contribution is 5.74. The van der Waals surface area contributed by atoms with Crippen molar-refractivity contribution in [3.8, 4) is 0 Å². The molecule has 1 fully saturated rings. The molecule has 456 valence electrons. The van der Waals surface area contributed by atoms with Crippen molar-refractivity contribution in [1.29, 1.82) is 0 Å². The molecule has 0 aromatic carbocycles. The van der Waals surface area contributed by atoms with E-state index in [1.807, 2.05) is 24.3 Å². The van der Waals surface area contributed by atoms with E-state index in [1.165, 1.54) is 64.2 Å². The lowest BCUT2D eigenvalue weighted by atomic mass is 9.98. The highest BCUT2D eigenvalue weighted by atomic mass is 16.7. The van der Waals surface area contributed by atoms with Crippen LogP contribution in [-0.4, -0.2) is 89.2 Å². The number of aliphatic hydroxyl groups is 2. The molecule has 0 aliphatic carbocycles. The Morgan fingerprint density at radius 2 is 0.802 bits per heavy atom. The van der Waals surface area contributed by atoms with Crippen LogP contribution in [0, 0.1) is 0 Å². The summed E-state index contributed by atoms with van der Waals surface area (Å²) in [6, 6.07) is 0. The van der Waals surface area contributed by atoms with Gasteiger partial charge in [-0.3, -0.25) is 14.4 Å². The van der Waals surface area contributed by atoms with Crippen LogP contribution < -0.4 is 0 Å². The van der Waals surface area contributed by atoms with E-state index < -0.39 is 67.3 Å². The van der Waals surface area contributed by atoms with Gasteiger partial charge in [-0.2, -0.15) is 0 Å². The number of allylic oxidation sites excluding steroid dienone is 22. The summed E-state index contributed by atoms with van der Waals surface area (Å²) in [4.78, 5) is 51.2. The molecule has 0 aromatic heterocycles. The second-order valence-corrected chi connectivity index (χ2v) is 20.6. The molecule has 1 saturated heterocycles. The molecular weight excluding hydrogens is 1020 g/mol. The fraction of sp³-hybridized carbons (Fsp3) is 0.623. The first kappa shape index (κ1) is 73.9. The number of rotatable bonds is 51. The SMILES string of the molecule is CC/C=C\C/C=C\C/C=C\C/C=C\C/C=C\C/C=C\CCC(=O)OCC(COC1OC(C(=O)O)C(O)C(O)C1OC(=O)CCCCCCCCCCCCCCCCC)OC(=O)CCC/C=C\C/C=C\C/C=C\C/C=C\C/C=C\CC. The quantitative estimate of drug-likeness (QED) is 0.0228. The third kappa shape index (κ3) is 45.1. The summed E-state index contributed by atoms with van der Waals surface area (Å²) in [6.45, 7) is 5.65. The second-order valence-electron chi connectivity index (χ2n) is 20.6. The summed E-state index contributed by atoms with van der Waals surface area (Å²) in [7, 11) is 0. The Labute approximate surface area is 490 Å². The number of hydrogen-bond donors (Lipinski definition) is 3. The maximum atomic E-state index is 13.2. The Morgan fingerprint density at radius 3 is 1.22 bits per heavy atom. The number of aliphatic carboxylic acids is 1. The minimum absolute atomic E-state index is 0.0427. The maximum Gasteiger partial charge on any atom is 0.335 e. The first-order chi connectivity index (χ1) is 39.6. The van der Waals surface area contributed by atoms with Crippen molar-refractivity contribution in [2.75, 3.05) is 13.2 Å². The number of carbonyl (C=O) groups excluding carboxylic acids is 3. The molecule has 6 atom stereocenters. The van der Waals surface area contributed by atoms with E-state index >= 15 is 0 Å². The first-order valence-corrected chi connectivity index (χ1v) is 31.2. The van der Waals surface area contributed by atoms with Crippen molar-refractivity contribution in [3.63, 3.8) is 0 Å². The van der Waals surface area contributed by atoms with E-state index in [9.17, 15) is 34.5 Å². The van der Waals surface area contributed by atoms with Crippen LogP contribution in [0.2, 0.25) is 0 Å². The van der Waals surface area contributed by atoms with E-state index in [4.69, 9.17) is 23.7 Å². The van der Waals surface area contributed by atoms with Crippen LogP contribution in [0.1, 0.15) is 226 Å². The van der Waals surface area contributed by atoms with Crippen LogP contribution in [0.4, 0.5) is 0 Å². The predicted octanol–water partition coefficient (Wildman–Crippen LogP) is 16.6. The molecule has 12 heteroatoms. The van der Waals surface area contributed by atoms with Crippen LogP contribution >= 0.6 is 0 Å². The topological polar surface area (TPSA) is 175 Å². The van der Waals surface area contributed by atoms with Gasteiger partial charge in [0.05, 0.1) is 6.61 Å². The van der Waals surface area contributed by atoms with Gasteiger partial charge in [0.1, 0.15) is 18.8 Å². The number of carboxylic acid groups (broad SMARTS) is 1. The van der Waals surface area contributed by atoms with Crippen molar-refractivity contribution in [3.05, 3.63) is 134 Å². The van der Waals surface area contributed by atoms with Crippen LogP contribution in [-0.2, 0) is 42.9 Å². The van der Waals surface area contributed by atoms with Crippen molar-refractivity contribution >= 4 is 23.9 Å². The minimum atomic E-state index is -1.93. The lowest BCUT2D eigenvalue weighted by molar-refractivity contribution is -0.301. The molecule has 0 saturated carbocycles. The lowest BCUT2D eigenvalue weighted by Crippen LogP contribution is -2.61. The molecule has 0 spiro atoms. The number of hydrogen-bond acceptors (Lipinski definition) is 11. The standard InChI is InChI=1S/C69H108O12/c1-4-7-10-13-16-19-22-25-28-30-31-33-35-37-40-43-46-49-52-55-61(70)77-58-60(79-62(71)56-53-50-47-44-41-39-36-32-29-26-23-20-17-14-11-8-5-2)59-78-69-67(65(74)64(73)66(81-69)68(75)76)80-63(72)57-54-51-48-45-42-38-34-27-24-21-18-15-12-9-6-3/h7-8,10-11,16-17,19-20,25-26,28-29,31,33,36-37,39-40,44,46-47,49,60,64-67,69,73-74H,4-6,9,12-15,18,21-24,27,30,32,34-35,38,41-43,45,48,50-59H2,1-3H3,(H,75,76)/b10-7-,11-8-,19-16-,20-17-,28-25-,29-26-,33-31-,39-36-,40-37-,47-44-,49-46-. The summed E-state index contributed by atoms with van der Waals surface area (Å²) in [5.74, 6) is -3.32. The van der Waals surface area contributed by atoms with Gasteiger partial charge in [-0.25, -0.2) is 4.79 Å². The van der Waals surface area contributed by atoms with Gasteiger partial charge in [0.2, 0.25) is 0 Å². The van der Waals surface area contributed by atoms with Crippen LogP contribution in [0.3, 0.4) is 0 Å². The number of carboxylic acids is 1. The van der Waals surface area contributed by atoms with Crippen LogP contribution in [0.25, 0.3) is 0 Å². The Hall–Kier alpha value is -5.14. The van der Waals surface area contributed by atoms with Crippen LogP contribution in [0.5, 0.6) is 0 Å². The van der Waals surface area contributed by atoms with Crippen molar-refractivity contribution in [1.82, 2.24) is 0 Å². The second kappa shape index (κ2) is 55.4. The molecule has 0 amide bonds. The zero-order valence-corrected chi connectivity index (χ0v) is 50.2. The monoisotopic (exact) mass is 1130 g/mol. The Bertz CT molecular complexity index is 1920. The minimum Gasteiger partial charge on any atom is -0.479 e. The van der Waals surface area contributed by atoms with Crippen molar-refractivity contribution in [2.24, 2.45) is 0 Å². The number of esters is 3. The molecule has 0 aromatic rings. The molecule has 6 unspecified atom stereocenters. The van der Waals surface area contributed by atoms with Gasteiger partial charge in [0, 0.05) is 19.3 Å². The zero-order chi connectivity index (χ0) is 58.9.